The lowest BCUT2D eigenvalue weighted by Crippen LogP contribution is -2.07. The Hall–Kier alpha value is -1.32. The van der Waals surface area contributed by atoms with Crippen molar-refractivity contribution in [3.63, 3.8) is 0 Å². The van der Waals surface area contributed by atoms with E-state index in [-0.39, 0.29) is 10.6 Å². The Balaban J connectivity index is 3.22. The van der Waals surface area contributed by atoms with E-state index in [1.54, 1.807) is 0 Å². The molecular weight excluding hydrogens is 243 g/mol. The van der Waals surface area contributed by atoms with Crippen LogP contribution in [-0.2, 0) is 11.0 Å². The lowest BCUT2D eigenvalue weighted by atomic mass is 10.1. The fourth-order valence-corrected chi connectivity index (χ4v) is 1.40. The van der Waals surface area contributed by atoms with Gasteiger partial charge in [0.1, 0.15) is 0 Å². The topological polar surface area (TPSA) is 29.4 Å². The molecule has 86 valence electrons. The first-order valence-corrected chi connectivity index (χ1v) is 4.67. The second-order valence-corrected chi connectivity index (χ2v) is 3.54. The van der Waals surface area contributed by atoms with Gasteiger partial charge in [0.15, 0.2) is 0 Å². The molecule has 6 heteroatoms. The zero-order valence-corrected chi connectivity index (χ0v) is 8.93. The van der Waals surface area contributed by atoms with E-state index in [4.69, 9.17) is 11.6 Å². The number of halogens is 4. The van der Waals surface area contributed by atoms with E-state index < -0.39 is 17.8 Å². The molecule has 1 unspecified atom stereocenters. The van der Waals surface area contributed by atoms with Gasteiger partial charge < -0.3 is 0 Å². The second kappa shape index (κ2) is 4.68. The van der Waals surface area contributed by atoms with Gasteiger partial charge in [0.25, 0.3) is 0 Å². The number of alkyl halides is 3. The quantitative estimate of drug-likeness (QED) is 0.580. The predicted molar refractivity (Wildman–Crippen MR) is 53.0 cm³/mol. The molecule has 0 N–H and O–H groups in total. The number of isocyanates is 1. The van der Waals surface area contributed by atoms with Gasteiger partial charge in [0.2, 0.25) is 6.08 Å². The van der Waals surface area contributed by atoms with Gasteiger partial charge in [-0.25, -0.2) is 4.79 Å². The van der Waals surface area contributed by atoms with Crippen LogP contribution in [0.25, 0.3) is 0 Å². The molecule has 0 aliphatic heterocycles. The van der Waals surface area contributed by atoms with E-state index in [0.717, 1.165) is 12.1 Å². The maximum Gasteiger partial charge on any atom is 0.417 e. The van der Waals surface area contributed by atoms with Gasteiger partial charge in [-0.1, -0.05) is 17.7 Å². The molecule has 0 spiro atoms. The molecule has 0 saturated heterocycles. The zero-order valence-electron chi connectivity index (χ0n) is 8.18. The lowest BCUT2D eigenvalue weighted by Gasteiger charge is -2.12. The molecule has 0 aliphatic rings. The number of hydrogen-bond donors (Lipinski definition) is 0. The van der Waals surface area contributed by atoms with Crippen LogP contribution in [0.3, 0.4) is 0 Å². The van der Waals surface area contributed by atoms with Crippen molar-refractivity contribution >= 4 is 17.7 Å². The molecule has 0 saturated carbocycles. The average Bonchev–Trinajstić information content (AvgIpc) is 2.16. The molecule has 16 heavy (non-hydrogen) atoms. The third-order valence-electron chi connectivity index (χ3n) is 2.02. The van der Waals surface area contributed by atoms with Gasteiger partial charge in [-0.3, -0.25) is 0 Å². The lowest BCUT2D eigenvalue weighted by molar-refractivity contribution is -0.137. The van der Waals surface area contributed by atoms with E-state index in [2.05, 4.69) is 4.99 Å². The van der Waals surface area contributed by atoms with Crippen molar-refractivity contribution in [3.8, 4) is 0 Å². The number of aliphatic imine (C=N–C) groups is 1. The molecule has 1 aromatic rings. The SMILES string of the molecule is CC(N=C=O)c1ccc(Cl)c(C(F)(F)F)c1. The van der Waals surface area contributed by atoms with Gasteiger partial charge in [-0.15, -0.1) is 0 Å². The molecule has 0 aromatic heterocycles. The van der Waals surface area contributed by atoms with Crippen LogP contribution in [0, 0.1) is 0 Å². The van der Waals surface area contributed by atoms with Crippen molar-refractivity contribution in [1.29, 1.82) is 0 Å². The van der Waals surface area contributed by atoms with E-state index in [1.807, 2.05) is 0 Å². The minimum Gasteiger partial charge on any atom is -0.211 e. The van der Waals surface area contributed by atoms with Crippen LogP contribution in [0.1, 0.15) is 24.1 Å². The molecule has 2 nitrogen and oxygen atoms in total. The molecule has 1 rings (SSSR count). The first kappa shape index (κ1) is 12.7. The number of benzene rings is 1. The zero-order chi connectivity index (χ0) is 12.3. The smallest absolute Gasteiger partial charge is 0.211 e. The molecule has 0 fully saturated rings. The average molecular weight is 250 g/mol. The van der Waals surface area contributed by atoms with Gasteiger partial charge >= 0.3 is 6.18 Å². The number of nitrogens with zero attached hydrogens (tertiary/aromatic N) is 1. The molecule has 0 aliphatic carbocycles. The van der Waals surface area contributed by atoms with Crippen LogP contribution in [0.2, 0.25) is 5.02 Å². The minimum atomic E-state index is -4.52. The number of carbonyl (C=O) groups excluding carboxylic acids is 1. The predicted octanol–water partition coefficient (Wildman–Crippen LogP) is 3.76. The van der Waals surface area contributed by atoms with E-state index in [1.165, 1.54) is 19.1 Å². The van der Waals surface area contributed by atoms with Crippen molar-refractivity contribution in [2.24, 2.45) is 4.99 Å². The van der Waals surface area contributed by atoms with Gasteiger partial charge in [0, 0.05) is 0 Å². The van der Waals surface area contributed by atoms with Gasteiger partial charge in [-0.2, -0.15) is 18.2 Å². The van der Waals surface area contributed by atoms with Gasteiger partial charge in [-0.05, 0) is 24.6 Å². The summed E-state index contributed by atoms with van der Waals surface area (Å²) in [4.78, 5) is 13.3. The Morgan fingerprint density at radius 2 is 2.06 bits per heavy atom. The number of hydrogen-bond acceptors (Lipinski definition) is 2. The third-order valence-corrected chi connectivity index (χ3v) is 2.35. The highest BCUT2D eigenvalue weighted by molar-refractivity contribution is 6.31. The van der Waals surface area contributed by atoms with Crippen molar-refractivity contribution in [3.05, 3.63) is 34.3 Å². The highest BCUT2D eigenvalue weighted by Crippen LogP contribution is 2.36. The Bertz CT molecular complexity index is 438. The summed E-state index contributed by atoms with van der Waals surface area (Å²) < 4.78 is 37.5. The molecule has 0 heterocycles. The fraction of sp³-hybridized carbons (Fsp3) is 0.300. The second-order valence-electron chi connectivity index (χ2n) is 3.13. The van der Waals surface area contributed by atoms with Crippen LogP contribution in [0.5, 0.6) is 0 Å². The van der Waals surface area contributed by atoms with Crippen LogP contribution in [-0.4, -0.2) is 6.08 Å². The molecular formula is C10H7ClF3NO. The van der Waals surface area contributed by atoms with Crippen molar-refractivity contribution in [2.45, 2.75) is 19.1 Å². The molecule has 1 atom stereocenters. The molecule has 0 radical (unpaired) electrons. The van der Waals surface area contributed by atoms with Crippen LogP contribution < -0.4 is 0 Å². The fourth-order valence-electron chi connectivity index (χ4n) is 1.17. The molecule has 0 bridgehead atoms. The van der Waals surface area contributed by atoms with E-state index in [0.29, 0.717) is 0 Å². The Labute approximate surface area is 94.7 Å². The van der Waals surface area contributed by atoms with Crippen molar-refractivity contribution < 1.29 is 18.0 Å². The summed E-state index contributed by atoms with van der Waals surface area (Å²) >= 11 is 5.43. The maximum atomic E-state index is 12.5. The summed E-state index contributed by atoms with van der Waals surface area (Å²) in [5, 5.41) is -0.376. The van der Waals surface area contributed by atoms with E-state index in [9.17, 15) is 18.0 Å². The molecule has 0 amide bonds. The third kappa shape index (κ3) is 2.84. The minimum absolute atomic E-state index is 0.264. The largest absolute Gasteiger partial charge is 0.417 e. The Morgan fingerprint density at radius 1 is 1.44 bits per heavy atom. The summed E-state index contributed by atoms with van der Waals surface area (Å²) in [6.45, 7) is 1.49. The Kier molecular flexibility index (Phi) is 3.73. The summed E-state index contributed by atoms with van der Waals surface area (Å²) in [6.07, 6.45) is -3.22. The highest BCUT2D eigenvalue weighted by Gasteiger charge is 2.33. The van der Waals surface area contributed by atoms with Crippen LogP contribution in [0.4, 0.5) is 13.2 Å². The summed E-state index contributed by atoms with van der Waals surface area (Å²) in [5.41, 5.74) is -0.667. The summed E-state index contributed by atoms with van der Waals surface area (Å²) in [6, 6.07) is 2.74. The summed E-state index contributed by atoms with van der Waals surface area (Å²) in [5.74, 6) is 0. The normalized spacial score (nSPS) is 13.1. The first-order chi connectivity index (χ1) is 7.36. The Morgan fingerprint density at radius 3 is 2.56 bits per heavy atom. The van der Waals surface area contributed by atoms with Gasteiger partial charge in [0.05, 0.1) is 16.6 Å². The highest BCUT2D eigenvalue weighted by atomic mass is 35.5. The first-order valence-electron chi connectivity index (χ1n) is 4.30. The van der Waals surface area contributed by atoms with Crippen molar-refractivity contribution in [1.82, 2.24) is 0 Å². The maximum absolute atomic E-state index is 12.5. The molecule has 1 aromatic carbocycles. The van der Waals surface area contributed by atoms with Crippen LogP contribution >= 0.6 is 11.6 Å². The standard InChI is InChI=1S/C10H7ClF3NO/c1-6(15-5-16)7-2-3-9(11)8(4-7)10(12,13)14/h2-4,6H,1H3. The number of rotatable bonds is 2. The van der Waals surface area contributed by atoms with Crippen molar-refractivity contribution in [2.75, 3.05) is 0 Å². The summed E-state index contributed by atoms with van der Waals surface area (Å²) in [7, 11) is 0. The van der Waals surface area contributed by atoms with Crippen LogP contribution in [0.15, 0.2) is 23.2 Å². The monoisotopic (exact) mass is 249 g/mol. The van der Waals surface area contributed by atoms with E-state index >= 15 is 0 Å².